The third-order valence-corrected chi connectivity index (χ3v) is 3.89. The molecular weight excluding hydrogens is 318 g/mol. The summed E-state index contributed by atoms with van der Waals surface area (Å²) in [5.41, 5.74) is 0.864. The molecule has 0 bridgehead atoms. The molecule has 1 aromatic carbocycles. The fourth-order valence-corrected chi connectivity index (χ4v) is 2.48. The van der Waals surface area contributed by atoms with Crippen LogP contribution in [-0.4, -0.2) is 42.3 Å². The number of hydrogen-bond acceptors (Lipinski definition) is 3. The standard InChI is InChI=1S/C16H20ClN3O3/c17-13-6-4-12(5-7-13)11-19-16(23)15(22)18-8-2-10-20-9-1-3-14(20)21/h4-7H,1-3,8-11H2,(H,18,22)(H,19,23). The molecule has 1 aliphatic rings. The highest BCUT2D eigenvalue weighted by molar-refractivity contribution is 6.35. The van der Waals surface area contributed by atoms with Crippen molar-refractivity contribution in [2.24, 2.45) is 0 Å². The molecule has 3 amide bonds. The molecule has 1 heterocycles. The summed E-state index contributed by atoms with van der Waals surface area (Å²) < 4.78 is 0. The Hall–Kier alpha value is -2.08. The van der Waals surface area contributed by atoms with E-state index in [1.54, 1.807) is 29.2 Å². The topological polar surface area (TPSA) is 78.5 Å². The van der Waals surface area contributed by atoms with Gasteiger partial charge in [0.15, 0.2) is 0 Å². The quantitative estimate of drug-likeness (QED) is 0.602. The molecule has 0 radical (unpaired) electrons. The second kappa shape index (κ2) is 8.53. The highest BCUT2D eigenvalue weighted by Crippen LogP contribution is 2.09. The van der Waals surface area contributed by atoms with Gasteiger partial charge in [-0.05, 0) is 30.5 Å². The highest BCUT2D eigenvalue weighted by atomic mass is 35.5. The minimum absolute atomic E-state index is 0.164. The number of nitrogens with zero attached hydrogens (tertiary/aromatic N) is 1. The van der Waals surface area contributed by atoms with Crippen molar-refractivity contribution in [1.29, 1.82) is 0 Å². The van der Waals surface area contributed by atoms with Crippen molar-refractivity contribution in [2.45, 2.75) is 25.8 Å². The minimum atomic E-state index is -0.669. The molecule has 1 aliphatic heterocycles. The summed E-state index contributed by atoms with van der Waals surface area (Å²) in [7, 11) is 0. The van der Waals surface area contributed by atoms with E-state index < -0.39 is 11.8 Å². The number of carbonyl (C=O) groups is 3. The average molecular weight is 338 g/mol. The SMILES string of the molecule is O=C(NCCCN1CCCC1=O)C(=O)NCc1ccc(Cl)cc1. The van der Waals surface area contributed by atoms with Crippen LogP contribution >= 0.6 is 11.6 Å². The van der Waals surface area contributed by atoms with Crippen LogP contribution in [0.4, 0.5) is 0 Å². The molecule has 2 rings (SSSR count). The van der Waals surface area contributed by atoms with Gasteiger partial charge in [0.25, 0.3) is 0 Å². The summed E-state index contributed by atoms with van der Waals surface area (Å²) in [6.45, 7) is 2.04. The lowest BCUT2D eigenvalue weighted by atomic mass is 10.2. The van der Waals surface area contributed by atoms with Gasteiger partial charge in [-0.2, -0.15) is 0 Å². The summed E-state index contributed by atoms with van der Waals surface area (Å²) in [5.74, 6) is -1.17. The maximum absolute atomic E-state index is 11.7. The number of carbonyl (C=O) groups excluding carboxylic acids is 3. The number of rotatable bonds is 6. The van der Waals surface area contributed by atoms with E-state index in [1.807, 2.05) is 0 Å². The van der Waals surface area contributed by atoms with Crippen LogP contribution in [0.25, 0.3) is 0 Å². The van der Waals surface area contributed by atoms with E-state index in [1.165, 1.54) is 0 Å². The monoisotopic (exact) mass is 337 g/mol. The number of hydrogen-bond donors (Lipinski definition) is 2. The van der Waals surface area contributed by atoms with Crippen molar-refractivity contribution >= 4 is 29.3 Å². The molecular formula is C16H20ClN3O3. The normalized spacial score (nSPS) is 14.0. The van der Waals surface area contributed by atoms with Crippen molar-refractivity contribution in [3.8, 4) is 0 Å². The van der Waals surface area contributed by atoms with E-state index in [9.17, 15) is 14.4 Å². The molecule has 1 saturated heterocycles. The molecule has 23 heavy (non-hydrogen) atoms. The van der Waals surface area contributed by atoms with E-state index in [0.29, 0.717) is 31.0 Å². The molecule has 0 atom stereocenters. The van der Waals surface area contributed by atoms with Gasteiger partial charge in [0.1, 0.15) is 0 Å². The Morgan fingerprint density at radius 2 is 1.83 bits per heavy atom. The molecule has 0 aromatic heterocycles. The lowest BCUT2D eigenvalue weighted by Gasteiger charge is -2.15. The first kappa shape index (κ1) is 17.3. The predicted molar refractivity (Wildman–Crippen MR) is 86.7 cm³/mol. The summed E-state index contributed by atoms with van der Waals surface area (Å²) in [6, 6.07) is 7.02. The number of likely N-dealkylation sites (tertiary alicyclic amines) is 1. The Balaban J connectivity index is 1.61. The van der Waals surface area contributed by atoms with Gasteiger partial charge < -0.3 is 15.5 Å². The minimum Gasteiger partial charge on any atom is -0.348 e. The largest absolute Gasteiger partial charge is 0.348 e. The Labute approximate surface area is 140 Å². The first-order valence-corrected chi connectivity index (χ1v) is 8.02. The van der Waals surface area contributed by atoms with Crippen molar-refractivity contribution in [3.05, 3.63) is 34.9 Å². The first-order valence-electron chi connectivity index (χ1n) is 7.64. The molecule has 124 valence electrons. The molecule has 2 N–H and O–H groups in total. The fraction of sp³-hybridized carbons (Fsp3) is 0.438. The molecule has 0 saturated carbocycles. The maximum Gasteiger partial charge on any atom is 0.309 e. The summed E-state index contributed by atoms with van der Waals surface area (Å²) in [6.07, 6.45) is 2.15. The Morgan fingerprint density at radius 1 is 1.13 bits per heavy atom. The molecule has 1 aromatic rings. The van der Waals surface area contributed by atoms with E-state index in [0.717, 1.165) is 18.5 Å². The summed E-state index contributed by atoms with van der Waals surface area (Å²) in [5, 5.41) is 5.72. The van der Waals surface area contributed by atoms with Crippen LogP contribution < -0.4 is 10.6 Å². The number of halogens is 1. The van der Waals surface area contributed by atoms with E-state index in [2.05, 4.69) is 10.6 Å². The van der Waals surface area contributed by atoms with Crippen LogP contribution in [0, 0.1) is 0 Å². The van der Waals surface area contributed by atoms with Gasteiger partial charge >= 0.3 is 11.8 Å². The van der Waals surface area contributed by atoms with Crippen LogP contribution in [-0.2, 0) is 20.9 Å². The van der Waals surface area contributed by atoms with Crippen molar-refractivity contribution in [2.75, 3.05) is 19.6 Å². The Bertz CT molecular complexity index is 574. The van der Waals surface area contributed by atoms with Crippen LogP contribution in [0.15, 0.2) is 24.3 Å². The second-order valence-corrected chi connectivity index (χ2v) is 5.84. The number of benzene rings is 1. The lowest BCUT2D eigenvalue weighted by Crippen LogP contribution is -2.40. The summed E-state index contributed by atoms with van der Waals surface area (Å²) >= 11 is 5.78. The van der Waals surface area contributed by atoms with Crippen molar-refractivity contribution in [3.63, 3.8) is 0 Å². The van der Waals surface area contributed by atoms with Crippen molar-refractivity contribution < 1.29 is 14.4 Å². The van der Waals surface area contributed by atoms with Gasteiger partial charge in [-0.15, -0.1) is 0 Å². The zero-order valence-electron chi connectivity index (χ0n) is 12.8. The third-order valence-electron chi connectivity index (χ3n) is 3.63. The Kier molecular flexibility index (Phi) is 6.40. The zero-order valence-corrected chi connectivity index (χ0v) is 13.6. The summed E-state index contributed by atoms with van der Waals surface area (Å²) in [4.78, 5) is 36.5. The predicted octanol–water partition coefficient (Wildman–Crippen LogP) is 1.08. The van der Waals surface area contributed by atoms with E-state index in [4.69, 9.17) is 11.6 Å². The molecule has 1 fully saturated rings. The molecule has 7 heteroatoms. The number of amides is 3. The first-order chi connectivity index (χ1) is 11.1. The van der Waals surface area contributed by atoms with Gasteiger partial charge in [0, 0.05) is 37.6 Å². The van der Waals surface area contributed by atoms with Gasteiger partial charge in [-0.25, -0.2) is 0 Å². The fourth-order valence-electron chi connectivity index (χ4n) is 2.36. The lowest BCUT2D eigenvalue weighted by molar-refractivity contribution is -0.139. The van der Waals surface area contributed by atoms with E-state index in [-0.39, 0.29) is 12.5 Å². The molecule has 0 aliphatic carbocycles. The van der Waals surface area contributed by atoms with Gasteiger partial charge in [-0.1, -0.05) is 23.7 Å². The number of nitrogens with one attached hydrogen (secondary N) is 2. The van der Waals surface area contributed by atoms with Crippen LogP contribution in [0.5, 0.6) is 0 Å². The van der Waals surface area contributed by atoms with Crippen molar-refractivity contribution in [1.82, 2.24) is 15.5 Å². The van der Waals surface area contributed by atoms with Gasteiger partial charge in [-0.3, -0.25) is 14.4 Å². The van der Waals surface area contributed by atoms with Crippen LogP contribution in [0.2, 0.25) is 5.02 Å². The zero-order chi connectivity index (χ0) is 16.7. The third kappa shape index (κ3) is 5.56. The van der Waals surface area contributed by atoms with Crippen LogP contribution in [0.1, 0.15) is 24.8 Å². The second-order valence-electron chi connectivity index (χ2n) is 5.40. The molecule has 0 spiro atoms. The maximum atomic E-state index is 11.7. The smallest absolute Gasteiger partial charge is 0.309 e. The highest BCUT2D eigenvalue weighted by Gasteiger charge is 2.19. The van der Waals surface area contributed by atoms with Gasteiger partial charge in [0.05, 0.1) is 0 Å². The average Bonchev–Trinajstić information content (AvgIpc) is 2.95. The molecule has 6 nitrogen and oxygen atoms in total. The molecule has 0 unspecified atom stereocenters. The van der Waals surface area contributed by atoms with E-state index >= 15 is 0 Å². The Morgan fingerprint density at radius 3 is 2.48 bits per heavy atom. The van der Waals surface area contributed by atoms with Gasteiger partial charge in [0.2, 0.25) is 5.91 Å². The van der Waals surface area contributed by atoms with Crippen LogP contribution in [0.3, 0.4) is 0 Å².